The highest BCUT2D eigenvalue weighted by Crippen LogP contribution is 2.15. The molecule has 0 amide bonds. The molecule has 0 radical (unpaired) electrons. The van der Waals surface area contributed by atoms with E-state index in [-0.39, 0.29) is 11.9 Å². The normalized spacial score (nSPS) is 15.3. The van der Waals surface area contributed by atoms with E-state index < -0.39 is 0 Å². The van der Waals surface area contributed by atoms with Gasteiger partial charge in [-0.1, -0.05) is 26.0 Å². The fourth-order valence-corrected chi connectivity index (χ4v) is 1.43. The molecule has 0 heterocycles. The van der Waals surface area contributed by atoms with Gasteiger partial charge in [0.05, 0.1) is 0 Å². The molecule has 0 saturated heterocycles. The Hall–Kier alpha value is -0.890. The Morgan fingerprint density at radius 2 is 1.53 bits per heavy atom. The lowest BCUT2D eigenvalue weighted by Crippen LogP contribution is -2.32. The van der Waals surface area contributed by atoms with Crippen molar-refractivity contribution in [2.24, 2.45) is 5.92 Å². The average molecular weight is 209 g/mol. The second-order valence-electron chi connectivity index (χ2n) is 4.47. The van der Waals surface area contributed by atoms with Crippen molar-refractivity contribution < 1.29 is 4.39 Å². The van der Waals surface area contributed by atoms with Crippen LogP contribution in [0.2, 0.25) is 0 Å². The first-order valence-electron chi connectivity index (χ1n) is 5.52. The molecule has 0 fully saturated rings. The van der Waals surface area contributed by atoms with Gasteiger partial charge < -0.3 is 5.32 Å². The van der Waals surface area contributed by atoms with E-state index in [1.54, 1.807) is 0 Å². The first kappa shape index (κ1) is 12.2. The van der Waals surface area contributed by atoms with Gasteiger partial charge in [-0.15, -0.1) is 0 Å². The fraction of sp³-hybridized carbons (Fsp3) is 0.538. The minimum absolute atomic E-state index is 0.178. The molecule has 1 aromatic carbocycles. The number of nitrogens with one attached hydrogen (secondary N) is 1. The maximum absolute atomic E-state index is 12.7. The molecule has 0 bridgehead atoms. The maximum Gasteiger partial charge on any atom is 0.123 e. The van der Waals surface area contributed by atoms with Crippen LogP contribution in [0.15, 0.2) is 24.3 Å². The van der Waals surface area contributed by atoms with Crippen LogP contribution in [0.4, 0.5) is 4.39 Å². The van der Waals surface area contributed by atoms with Gasteiger partial charge in [0.25, 0.3) is 0 Å². The number of rotatable bonds is 4. The Labute approximate surface area is 91.7 Å². The summed E-state index contributed by atoms with van der Waals surface area (Å²) in [6, 6.07) is 7.41. The SMILES string of the molecule is CC(C)C(C)N[C@H](C)c1ccc(F)cc1. The predicted molar refractivity (Wildman–Crippen MR) is 62.3 cm³/mol. The van der Waals surface area contributed by atoms with Crippen molar-refractivity contribution in [1.29, 1.82) is 0 Å². The zero-order valence-corrected chi connectivity index (χ0v) is 9.92. The van der Waals surface area contributed by atoms with Crippen LogP contribution >= 0.6 is 0 Å². The zero-order chi connectivity index (χ0) is 11.4. The lowest BCUT2D eigenvalue weighted by molar-refractivity contribution is 0.388. The van der Waals surface area contributed by atoms with Gasteiger partial charge in [-0.3, -0.25) is 0 Å². The highest BCUT2D eigenvalue weighted by Gasteiger charge is 2.11. The summed E-state index contributed by atoms with van der Waals surface area (Å²) in [4.78, 5) is 0. The Balaban J connectivity index is 2.61. The lowest BCUT2D eigenvalue weighted by Gasteiger charge is -2.23. The van der Waals surface area contributed by atoms with Crippen molar-refractivity contribution in [3.63, 3.8) is 0 Å². The Morgan fingerprint density at radius 1 is 1.00 bits per heavy atom. The summed E-state index contributed by atoms with van der Waals surface area (Å²) in [5.74, 6) is 0.427. The molecule has 1 aromatic rings. The van der Waals surface area contributed by atoms with Crippen molar-refractivity contribution in [2.75, 3.05) is 0 Å². The molecule has 0 saturated carbocycles. The summed E-state index contributed by atoms with van der Waals surface area (Å²) >= 11 is 0. The molecular formula is C13H20FN. The van der Waals surface area contributed by atoms with Gasteiger partial charge >= 0.3 is 0 Å². The lowest BCUT2D eigenvalue weighted by atomic mass is 10.0. The van der Waals surface area contributed by atoms with Crippen LogP contribution in [0.3, 0.4) is 0 Å². The number of halogens is 1. The summed E-state index contributed by atoms with van der Waals surface area (Å²) < 4.78 is 12.7. The van der Waals surface area contributed by atoms with E-state index in [0.717, 1.165) is 5.56 Å². The van der Waals surface area contributed by atoms with Gasteiger partial charge in [0.2, 0.25) is 0 Å². The van der Waals surface area contributed by atoms with Gasteiger partial charge in [0.1, 0.15) is 5.82 Å². The van der Waals surface area contributed by atoms with E-state index in [2.05, 4.69) is 33.0 Å². The molecule has 2 heteroatoms. The second-order valence-corrected chi connectivity index (χ2v) is 4.47. The van der Waals surface area contributed by atoms with Crippen molar-refractivity contribution >= 4 is 0 Å². The highest BCUT2D eigenvalue weighted by atomic mass is 19.1. The monoisotopic (exact) mass is 209 g/mol. The third-order valence-electron chi connectivity index (χ3n) is 2.88. The fourth-order valence-electron chi connectivity index (χ4n) is 1.43. The Morgan fingerprint density at radius 3 is 2.00 bits per heavy atom. The van der Waals surface area contributed by atoms with Crippen LogP contribution in [0.1, 0.15) is 39.3 Å². The van der Waals surface area contributed by atoms with E-state index in [0.29, 0.717) is 12.0 Å². The first-order valence-corrected chi connectivity index (χ1v) is 5.52. The molecule has 0 aliphatic heterocycles. The van der Waals surface area contributed by atoms with Gasteiger partial charge in [0, 0.05) is 12.1 Å². The quantitative estimate of drug-likeness (QED) is 0.800. The van der Waals surface area contributed by atoms with Crippen LogP contribution in [0.5, 0.6) is 0 Å². The second kappa shape index (κ2) is 5.26. The topological polar surface area (TPSA) is 12.0 Å². The van der Waals surface area contributed by atoms with Gasteiger partial charge in [0.15, 0.2) is 0 Å². The zero-order valence-electron chi connectivity index (χ0n) is 9.92. The van der Waals surface area contributed by atoms with Crippen LogP contribution < -0.4 is 5.32 Å². The van der Waals surface area contributed by atoms with E-state index in [4.69, 9.17) is 0 Å². The summed E-state index contributed by atoms with van der Waals surface area (Å²) in [6.07, 6.45) is 0. The predicted octanol–water partition coefficient (Wildman–Crippen LogP) is 3.52. The standard InChI is InChI=1S/C13H20FN/c1-9(2)10(3)15-11(4)12-5-7-13(14)8-6-12/h5-11,15H,1-4H3/t10?,11-/m1/s1. The number of benzene rings is 1. The van der Waals surface area contributed by atoms with Gasteiger partial charge in [-0.05, 0) is 37.5 Å². The van der Waals surface area contributed by atoms with Crippen LogP contribution in [0, 0.1) is 11.7 Å². The molecule has 0 aliphatic rings. The molecule has 1 unspecified atom stereocenters. The smallest absolute Gasteiger partial charge is 0.123 e. The van der Waals surface area contributed by atoms with Crippen molar-refractivity contribution in [2.45, 2.75) is 39.8 Å². The van der Waals surface area contributed by atoms with E-state index in [1.807, 2.05) is 12.1 Å². The average Bonchev–Trinajstić information content (AvgIpc) is 2.18. The maximum atomic E-state index is 12.7. The molecule has 15 heavy (non-hydrogen) atoms. The number of hydrogen-bond acceptors (Lipinski definition) is 1. The van der Waals surface area contributed by atoms with Gasteiger partial charge in [-0.2, -0.15) is 0 Å². The van der Waals surface area contributed by atoms with Crippen molar-refractivity contribution in [1.82, 2.24) is 5.32 Å². The number of hydrogen-bond donors (Lipinski definition) is 1. The van der Waals surface area contributed by atoms with Crippen LogP contribution in [0.25, 0.3) is 0 Å². The minimum Gasteiger partial charge on any atom is -0.307 e. The van der Waals surface area contributed by atoms with Crippen molar-refractivity contribution in [3.8, 4) is 0 Å². The summed E-state index contributed by atoms with van der Waals surface area (Å²) in [6.45, 7) is 8.65. The summed E-state index contributed by atoms with van der Waals surface area (Å²) in [7, 11) is 0. The van der Waals surface area contributed by atoms with E-state index >= 15 is 0 Å². The Kier molecular flexibility index (Phi) is 4.28. The molecule has 2 atom stereocenters. The van der Waals surface area contributed by atoms with Crippen LogP contribution in [-0.2, 0) is 0 Å². The molecule has 0 aromatic heterocycles. The van der Waals surface area contributed by atoms with Crippen LogP contribution in [-0.4, -0.2) is 6.04 Å². The third-order valence-corrected chi connectivity index (χ3v) is 2.88. The Bertz CT molecular complexity index is 292. The van der Waals surface area contributed by atoms with E-state index in [1.165, 1.54) is 12.1 Å². The summed E-state index contributed by atoms with van der Waals surface area (Å²) in [5.41, 5.74) is 1.13. The third kappa shape index (κ3) is 3.63. The molecule has 0 spiro atoms. The van der Waals surface area contributed by atoms with Gasteiger partial charge in [-0.25, -0.2) is 4.39 Å². The first-order chi connectivity index (χ1) is 7.00. The molecule has 0 aliphatic carbocycles. The highest BCUT2D eigenvalue weighted by molar-refractivity contribution is 5.19. The summed E-state index contributed by atoms with van der Waals surface area (Å²) in [5, 5.41) is 3.49. The largest absolute Gasteiger partial charge is 0.307 e. The minimum atomic E-state index is -0.178. The molecule has 1 rings (SSSR count). The molecule has 1 N–H and O–H groups in total. The van der Waals surface area contributed by atoms with E-state index in [9.17, 15) is 4.39 Å². The molecule has 84 valence electrons. The molecular weight excluding hydrogens is 189 g/mol. The molecule has 1 nitrogen and oxygen atoms in total. The van der Waals surface area contributed by atoms with Crippen molar-refractivity contribution in [3.05, 3.63) is 35.6 Å².